The van der Waals surface area contributed by atoms with Crippen LogP contribution in [0.4, 0.5) is 0 Å². The number of nitrogens with zero attached hydrogens (tertiary/aromatic N) is 1. The van der Waals surface area contributed by atoms with Gasteiger partial charge in [-0.1, -0.05) is 70.6 Å². The summed E-state index contributed by atoms with van der Waals surface area (Å²) in [5, 5.41) is 2.69. The number of pyridine rings is 1. The first-order valence-corrected chi connectivity index (χ1v) is 8.69. The topological polar surface area (TPSA) is 12.9 Å². The van der Waals surface area contributed by atoms with E-state index in [9.17, 15) is 0 Å². The molecule has 0 N–H and O–H groups in total. The molecule has 0 fully saturated rings. The van der Waals surface area contributed by atoms with Gasteiger partial charge in [0.15, 0.2) is 0 Å². The second kappa shape index (κ2) is 8.81. The van der Waals surface area contributed by atoms with E-state index in [1.54, 1.807) is 0 Å². The molecular formula is C20H29N. The van der Waals surface area contributed by atoms with Crippen LogP contribution in [0, 0.1) is 0 Å². The molecule has 0 unspecified atom stereocenters. The molecule has 0 aliphatic carbocycles. The van der Waals surface area contributed by atoms with Gasteiger partial charge in [-0.15, -0.1) is 0 Å². The SMILES string of the molecule is CCCCCC(CCCCC)c1cccc2ccncc12. The monoisotopic (exact) mass is 283 g/mol. The van der Waals surface area contributed by atoms with Crippen molar-refractivity contribution in [3.05, 3.63) is 42.2 Å². The highest BCUT2D eigenvalue weighted by Crippen LogP contribution is 2.32. The summed E-state index contributed by atoms with van der Waals surface area (Å²) < 4.78 is 0. The summed E-state index contributed by atoms with van der Waals surface area (Å²) in [5.74, 6) is 0.705. The molecule has 0 amide bonds. The van der Waals surface area contributed by atoms with Gasteiger partial charge in [-0.3, -0.25) is 4.98 Å². The Morgan fingerprint density at radius 2 is 1.62 bits per heavy atom. The van der Waals surface area contributed by atoms with Crippen LogP contribution in [-0.4, -0.2) is 4.98 Å². The lowest BCUT2D eigenvalue weighted by Crippen LogP contribution is -2.01. The third-order valence-electron chi connectivity index (χ3n) is 4.47. The van der Waals surface area contributed by atoms with Crippen LogP contribution in [0.25, 0.3) is 10.8 Å². The first kappa shape index (κ1) is 16.0. The van der Waals surface area contributed by atoms with E-state index in [1.165, 1.54) is 67.7 Å². The van der Waals surface area contributed by atoms with Gasteiger partial charge in [0, 0.05) is 17.8 Å². The Balaban J connectivity index is 2.19. The highest BCUT2D eigenvalue weighted by Gasteiger charge is 2.14. The predicted molar refractivity (Wildman–Crippen MR) is 92.8 cm³/mol. The fourth-order valence-corrected chi connectivity index (χ4v) is 3.23. The summed E-state index contributed by atoms with van der Waals surface area (Å²) in [6, 6.07) is 8.88. The molecule has 0 aliphatic heterocycles. The van der Waals surface area contributed by atoms with E-state index < -0.39 is 0 Å². The third kappa shape index (κ3) is 4.56. The van der Waals surface area contributed by atoms with Gasteiger partial charge in [0.2, 0.25) is 0 Å². The molecular weight excluding hydrogens is 254 g/mol. The average molecular weight is 283 g/mol. The molecule has 0 atom stereocenters. The average Bonchev–Trinajstić information content (AvgIpc) is 2.53. The van der Waals surface area contributed by atoms with Crippen molar-refractivity contribution in [2.45, 2.75) is 71.1 Å². The van der Waals surface area contributed by atoms with E-state index in [-0.39, 0.29) is 0 Å². The molecule has 21 heavy (non-hydrogen) atoms. The minimum absolute atomic E-state index is 0.705. The molecule has 2 rings (SSSR count). The van der Waals surface area contributed by atoms with Crippen molar-refractivity contribution < 1.29 is 0 Å². The van der Waals surface area contributed by atoms with Crippen LogP contribution < -0.4 is 0 Å². The Morgan fingerprint density at radius 1 is 0.905 bits per heavy atom. The fourth-order valence-electron chi connectivity index (χ4n) is 3.23. The zero-order chi connectivity index (χ0) is 14.9. The van der Waals surface area contributed by atoms with Crippen LogP contribution >= 0.6 is 0 Å². The van der Waals surface area contributed by atoms with Gasteiger partial charge in [-0.2, -0.15) is 0 Å². The van der Waals surface area contributed by atoms with Crippen LogP contribution in [0.5, 0.6) is 0 Å². The smallest absolute Gasteiger partial charge is 0.0349 e. The number of fused-ring (bicyclic) bond motifs is 1. The van der Waals surface area contributed by atoms with E-state index in [0.29, 0.717) is 5.92 Å². The molecule has 0 aliphatic rings. The van der Waals surface area contributed by atoms with Crippen LogP contribution in [-0.2, 0) is 0 Å². The number of hydrogen-bond acceptors (Lipinski definition) is 1. The second-order valence-electron chi connectivity index (χ2n) is 6.13. The third-order valence-corrected chi connectivity index (χ3v) is 4.47. The largest absolute Gasteiger partial charge is 0.264 e. The minimum atomic E-state index is 0.705. The van der Waals surface area contributed by atoms with Crippen molar-refractivity contribution in [2.75, 3.05) is 0 Å². The first-order valence-electron chi connectivity index (χ1n) is 8.69. The van der Waals surface area contributed by atoms with E-state index >= 15 is 0 Å². The Kier molecular flexibility index (Phi) is 6.72. The zero-order valence-corrected chi connectivity index (χ0v) is 13.6. The van der Waals surface area contributed by atoms with Gasteiger partial charge in [0.1, 0.15) is 0 Å². The molecule has 1 nitrogen and oxygen atoms in total. The summed E-state index contributed by atoms with van der Waals surface area (Å²) in [6.07, 6.45) is 14.6. The molecule has 114 valence electrons. The van der Waals surface area contributed by atoms with Gasteiger partial charge in [0.05, 0.1) is 0 Å². The van der Waals surface area contributed by atoms with Crippen LogP contribution in [0.3, 0.4) is 0 Å². The molecule has 0 bridgehead atoms. The lowest BCUT2D eigenvalue weighted by Gasteiger charge is -2.19. The summed E-state index contributed by atoms with van der Waals surface area (Å²) >= 11 is 0. The number of benzene rings is 1. The maximum Gasteiger partial charge on any atom is 0.0349 e. The number of aromatic nitrogens is 1. The number of rotatable bonds is 9. The standard InChI is InChI=1S/C20H29N/c1-3-5-7-10-17(11-8-6-4-2)19-13-9-12-18-14-15-21-16-20(18)19/h9,12-17H,3-8,10-11H2,1-2H3. The van der Waals surface area contributed by atoms with Crippen molar-refractivity contribution in [1.29, 1.82) is 0 Å². The van der Waals surface area contributed by atoms with Gasteiger partial charge in [0.25, 0.3) is 0 Å². The highest BCUT2D eigenvalue weighted by atomic mass is 14.6. The first-order chi connectivity index (χ1) is 10.4. The van der Waals surface area contributed by atoms with Crippen LogP contribution in [0.2, 0.25) is 0 Å². The molecule has 0 saturated heterocycles. The Morgan fingerprint density at radius 3 is 2.29 bits per heavy atom. The quantitative estimate of drug-likeness (QED) is 0.480. The van der Waals surface area contributed by atoms with Gasteiger partial charge < -0.3 is 0 Å². The number of unbranched alkanes of at least 4 members (excludes halogenated alkanes) is 4. The Bertz CT molecular complexity index is 517. The minimum Gasteiger partial charge on any atom is -0.264 e. The van der Waals surface area contributed by atoms with Gasteiger partial charge >= 0.3 is 0 Å². The fraction of sp³-hybridized carbons (Fsp3) is 0.550. The zero-order valence-electron chi connectivity index (χ0n) is 13.6. The molecule has 0 radical (unpaired) electrons. The van der Waals surface area contributed by atoms with E-state index in [4.69, 9.17) is 0 Å². The van der Waals surface area contributed by atoms with Crippen molar-refractivity contribution in [1.82, 2.24) is 4.98 Å². The maximum atomic E-state index is 4.35. The van der Waals surface area contributed by atoms with Crippen molar-refractivity contribution in [3.63, 3.8) is 0 Å². The number of hydrogen-bond donors (Lipinski definition) is 0. The summed E-state index contributed by atoms with van der Waals surface area (Å²) in [5.41, 5.74) is 1.52. The maximum absolute atomic E-state index is 4.35. The summed E-state index contributed by atoms with van der Waals surface area (Å²) in [4.78, 5) is 4.35. The van der Waals surface area contributed by atoms with Crippen molar-refractivity contribution >= 4 is 10.8 Å². The molecule has 2 aromatic rings. The van der Waals surface area contributed by atoms with Gasteiger partial charge in [-0.25, -0.2) is 0 Å². The predicted octanol–water partition coefficient (Wildman–Crippen LogP) is 6.48. The molecule has 1 aromatic carbocycles. The van der Waals surface area contributed by atoms with Crippen LogP contribution in [0.1, 0.15) is 76.7 Å². The second-order valence-corrected chi connectivity index (χ2v) is 6.13. The van der Waals surface area contributed by atoms with Gasteiger partial charge in [-0.05, 0) is 35.8 Å². The Labute approximate surface area is 129 Å². The molecule has 0 spiro atoms. The van der Waals surface area contributed by atoms with E-state index in [2.05, 4.69) is 49.3 Å². The molecule has 0 saturated carbocycles. The Hall–Kier alpha value is -1.37. The molecule has 1 heteroatoms. The molecule has 1 aromatic heterocycles. The van der Waals surface area contributed by atoms with Crippen molar-refractivity contribution in [2.24, 2.45) is 0 Å². The lowest BCUT2D eigenvalue weighted by atomic mass is 9.86. The molecule has 1 heterocycles. The normalized spacial score (nSPS) is 11.4. The summed E-state index contributed by atoms with van der Waals surface area (Å²) in [7, 11) is 0. The lowest BCUT2D eigenvalue weighted by molar-refractivity contribution is 0.509. The van der Waals surface area contributed by atoms with Crippen molar-refractivity contribution in [3.8, 4) is 0 Å². The highest BCUT2D eigenvalue weighted by molar-refractivity contribution is 5.85. The van der Waals surface area contributed by atoms with E-state index in [1.807, 2.05) is 6.20 Å². The van der Waals surface area contributed by atoms with Crippen LogP contribution in [0.15, 0.2) is 36.7 Å². The van der Waals surface area contributed by atoms with E-state index in [0.717, 1.165) is 0 Å². The summed E-state index contributed by atoms with van der Waals surface area (Å²) in [6.45, 7) is 4.57.